The maximum Gasteiger partial charge on any atom is 0.242 e. The first kappa shape index (κ1) is 17.7. The van der Waals surface area contributed by atoms with Crippen LogP contribution in [0.3, 0.4) is 0 Å². The number of hydrogen-bond donors (Lipinski definition) is 1. The Morgan fingerprint density at radius 3 is 2.21 bits per heavy atom. The van der Waals surface area contributed by atoms with Crippen molar-refractivity contribution in [1.29, 1.82) is 0 Å². The molecule has 24 heavy (non-hydrogen) atoms. The van der Waals surface area contributed by atoms with Gasteiger partial charge in [-0.3, -0.25) is 9.59 Å². The van der Waals surface area contributed by atoms with Crippen LogP contribution >= 0.6 is 0 Å². The topological polar surface area (TPSA) is 49.4 Å². The molecule has 0 aliphatic carbocycles. The standard InChI is InChI=1S/C20H24N2O2/c1-15-9-11-17(12-10-15)13-19(23)22(16(2)20(24)21-3)14-18-7-5-4-6-8-18/h4-12,16H,13-14H2,1-3H3,(H,21,24)/t16-/m1/s1. The smallest absolute Gasteiger partial charge is 0.242 e. The molecule has 0 bridgehead atoms. The molecule has 0 fully saturated rings. The van der Waals surface area contributed by atoms with Gasteiger partial charge in [0.25, 0.3) is 0 Å². The summed E-state index contributed by atoms with van der Waals surface area (Å²) in [5.41, 5.74) is 3.12. The number of carbonyl (C=O) groups is 2. The lowest BCUT2D eigenvalue weighted by Crippen LogP contribution is -2.47. The van der Waals surface area contributed by atoms with E-state index in [0.29, 0.717) is 6.54 Å². The Morgan fingerprint density at radius 1 is 1.00 bits per heavy atom. The van der Waals surface area contributed by atoms with E-state index < -0.39 is 6.04 Å². The van der Waals surface area contributed by atoms with Crippen molar-refractivity contribution in [2.24, 2.45) is 0 Å². The molecular formula is C20H24N2O2. The lowest BCUT2D eigenvalue weighted by Gasteiger charge is -2.28. The second-order valence-corrected chi connectivity index (χ2v) is 5.96. The summed E-state index contributed by atoms with van der Waals surface area (Å²) in [5.74, 6) is -0.220. The Morgan fingerprint density at radius 2 is 1.62 bits per heavy atom. The Bertz CT molecular complexity index is 681. The third-order valence-corrected chi connectivity index (χ3v) is 4.09. The van der Waals surface area contributed by atoms with Crippen LogP contribution in [0.15, 0.2) is 54.6 Å². The van der Waals surface area contributed by atoms with Gasteiger partial charge in [-0.05, 0) is 25.0 Å². The van der Waals surface area contributed by atoms with E-state index in [1.165, 1.54) is 0 Å². The van der Waals surface area contributed by atoms with Gasteiger partial charge in [-0.25, -0.2) is 0 Å². The molecule has 4 heteroatoms. The number of likely N-dealkylation sites (N-methyl/N-ethyl adjacent to an activating group) is 1. The summed E-state index contributed by atoms with van der Waals surface area (Å²) in [6.45, 7) is 4.19. The molecule has 0 spiro atoms. The molecule has 2 amide bonds. The van der Waals surface area contributed by atoms with Crippen LogP contribution in [0.25, 0.3) is 0 Å². The van der Waals surface area contributed by atoms with Gasteiger partial charge in [0.2, 0.25) is 11.8 Å². The van der Waals surface area contributed by atoms with Crippen molar-refractivity contribution in [2.45, 2.75) is 32.9 Å². The van der Waals surface area contributed by atoms with Crippen molar-refractivity contribution in [3.8, 4) is 0 Å². The van der Waals surface area contributed by atoms with Gasteiger partial charge in [-0.1, -0.05) is 60.2 Å². The lowest BCUT2D eigenvalue weighted by atomic mass is 10.1. The van der Waals surface area contributed by atoms with Crippen LogP contribution in [0, 0.1) is 6.92 Å². The van der Waals surface area contributed by atoms with Crippen molar-refractivity contribution in [3.05, 3.63) is 71.3 Å². The average molecular weight is 324 g/mol. The zero-order chi connectivity index (χ0) is 17.5. The van der Waals surface area contributed by atoms with Gasteiger partial charge in [0.1, 0.15) is 6.04 Å². The molecule has 0 saturated carbocycles. The quantitative estimate of drug-likeness (QED) is 0.888. The van der Waals surface area contributed by atoms with Gasteiger partial charge >= 0.3 is 0 Å². The number of nitrogens with zero attached hydrogens (tertiary/aromatic N) is 1. The first-order chi connectivity index (χ1) is 11.5. The minimum atomic E-state index is -0.520. The zero-order valence-corrected chi connectivity index (χ0v) is 14.5. The molecule has 4 nitrogen and oxygen atoms in total. The largest absolute Gasteiger partial charge is 0.357 e. The second-order valence-electron chi connectivity index (χ2n) is 5.96. The van der Waals surface area contributed by atoms with Gasteiger partial charge in [-0.15, -0.1) is 0 Å². The Balaban J connectivity index is 2.18. The summed E-state index contributed by atoms with van der Waals surface area (Å²) >= 11 is 0. The molecule has 1 N–H and O–H groups in total. The van der Waals surface area contributed by atoms with Crippen LogP contribution in [0.1, 0.15) is 23.6 Å². The first-order valence-electron chi connectivity index (χ1n) is 8.12. The molecule has 0 radical (unpaired) electrons. The highest BCUT2D eigenvalue weighted by Crippen LogP contribution is 2.13. The normalized spacial score (nSPS) is 11.6. The van der Waals surface area contributed by atoms with E-state index in [0.717, 1.165) is 16.7 Å². The molecule has 126 valence electrons. The van der Waals surface area contributed by atoms with Crippen LogP contribution in [-0.2, 0) is 22.6 Å². The number of carbonyl (C=O) groups excluding carboxylic acids is 2. The summed E-state index contributed by atoms with van der Waals surface area (Å²) in [7, 11) is 1.59. The molecule has 0 saturated heterocycles. The van der Waals surface area contributed by atoms with Crippen LogP contribution in [0.5, 0.6) is 0 Å². The van der Waals surface area contributed by atoms with Crippen molar-refractivity contribution < 1.29 is 9.59 Å². The fourth-order valence-corrected chi connectivity index (χ4v) is 2.55. The van der Waals surface area contributed by atoms with Crippen molar-refractivity contribution in [1.82, 2.24) is 10.2 Å². The number of aryl methyl sites for hydroxylation is 1. The van der Waals surface area contributed by atoms with E-state index in [-0.39, 0.29) is 18.2 Å². The summed E-state index contributed by atoms with van der Waals surface area (Å²) in [4.78, 5) is 26.5. The molecule has 0 aliphatic heterocycles. The number of nitrogens with one attached hydrogen (secondary N) is 1. The van der Waals surface area contributed by atoms with Crippen LogP contribution in [0.4, 0.5) is 0 Å². The fourth-order valence-electron chi connectivity index (χ4n) is 2.55. The first-order valence-corrected chi connectivity index (χ1v) is 8.12. The molecule has 0 aromatic heterocycles. The third-order valence-electron chi connectivity index (χ3n) is 4.09. The Hall–Kier alpha value is -2.62. The third kappa shape index (κ3) is 4.69. The monoisotopic (exact) mass is 324 g/mol. The van der Waals surface area contributed by atoms with Gasteiger partial charge in [0, 0.05) is 13.6 Å². The van der Waals surface area contributed by atoms with Gasteiger partial charge < -0.3 is 10.2 Å². The lowest BCUT2D eigenvalue weighted by molar-refractivity contribution is -0.139. The molecular weight excluding hydrogens is 300 g/mol. The highest BCUT2D eigenvalue weighted by Gasteiger charge is 2.25. The second kappa shape index (κ2) is 8.29. The minimum absolute atomic E-state index is 0.0567. The Labute approximate surface area is 143 Å². The summed E-state index contributed by atoms with van der Waals surface area (Å²) in [6.07, 6.45) is 0.286. The molecule has 0 aliphatic rings. The maximum atomic E-state index is 12.8. The van der Waals surface area contributed by atoms with Crippen LogP contribution < -0.4 is 5.32 Å². The average Bonchev–Trinajstić information content (AvgIpc) is 2.61. The molecule has 0 unspecified atom stereocenters. The predicted molar refractivity (Wildman–Crippen MR) is 95.4 cm³/mol. The summed E-state index contributed by atoms with van der Waals surface area (Å²) in [6, 6.07) is 17.1. The molecule has 2 rings (SSSR count). The maximum absolute atomic E-state index is 12.8. The van der Waals surface area contributed by atoms with E-state index in [2.05, 4.69) is 5.32 Å². The highest BCUT2D eigenvalue weighted by molar-refractivity contribution is 5.88. The molecule has 1 atom stereocenters. The predicted octanol–water partition coefficient (Wildman–Crippen LogP) is 2.70. The fraction of sp³-hybridized carbons (Fsp3) is 0.300. The molecule has 2 aromatic rings. The number of amides is 2. The number of benzene rings is 2. The summed E-state index contributed by atoms with van der Waals surface area (Å²) in [5, 5.41) is 2.62. The Kier molecular flexibility index (Phi) is 6.13. The zero-order valence-electron chi connectivity index (χ0n) is 14.5. The van der Waals surface area contributed by atoms with Gasteiger partial charge in [0.05, 0.1) is 6.42 Å². The van der Waals surface area contributed by atoms with Crippen molar-refractivity contribution in [3.63, 3.8) is 0 Å². The van der Waals surface area contributed by atoms with Crippen LogP contribution in [0.2, 0.25) is 0 Å². The van der Waals surface area contributed by atoms with E-state index in [4.69, 9.17) is 0 Å². The van der Waals surface area contributed by atoms with E-state index in [1.54, 1.807) is 18.9 Å². The van der Waals surface area contributed by atoms with E-state index >= 15 is 0 Å². The highest BCUT2D eigenvalue weighted by atomic mass is 16.2. The number of rotatable bonds is 6. The van der Waals surface area contributed by atoms with Gasteiger partial charge in [0.15, 0.2) is 0 Å². The van der Waals surface area contributed by atoms with Crippen molar-refractivity contribution >= 4 is 11.8 Å². The van der Waals surface area contributed by atoms with Crippen molar-refractivity contribution in [2.75, 3.05) is 7.05 Å². The SMILES string of the molecule is CNC(=O)[C@@H](C)N(Cc1ccccc1)C(=O)Cc1ccc(C)cc1. The number of hydrogen-bond acceptors (Lipinski definition) is 2. The van der Waals surface area contributed by atoms with Gasteiger partial charge in [-0.2, -0.15) is 0 Å². The summed E-state index contributed by atoms with van der Waals surface area (Å²) < 4.78 is 0. The molecule has 2 aromatic carbocycles. The van der Waals surface area contributed by atoms with E-state index in [9.17, 15) is 9.59 Å². The molecule has 0 heterocycles. The van der Waals surface area contributed by atoms with E-state index in [1.807, 2.05) is 61.5 Å². The van der Waals surface area contributed by atoms with Crippen LogP contribution in [-0.4, -0.2) is 29.8 Å². The minimum Gasteiger partial charge on any atom is -0.357 e.